The third kappa shape index (κ3) is 2.44. The number of rotatable bonds is 1. The smallest absolute Gasteiger partial charge is 0.172 e. The van der Waals surface area contributed by atoms with Crippen LogP contribution in [-0.4, -0.2) is 29.3 Å². The Morgan fingerprint density at radius 1 is 1.36 bits per heavy atom. The molecule has 2 heteroatoms. The lowest BCUT2D eigenvalue weighted by Crippen LogP contribution is -2.47. The molecule has 0 aromatic heterocycles. The zero-order chi connectivity index (χ0) is 10.9. The summed E-state index contributed by atoms with van der Waals surface area (Å²) in [5.41, 5.74) is 1.10. The zero-order valence-electron chi connectivity index (χ0n) is 9.92. The van der Waals surface area contributed by atoms with Crippen molar-refractivity contribution >= 4 is 5.78 Å². The number of carbonyl (C=O) groups excluding carboxylic acids is 1. The Kier molecular flexibility index (Phi) is 3.15. The summed E-state index contributed by atoms with van der Waals surface area (Å²) in [7, 11) is 0. The Hall–Kier alpha value is -0.630. The normalized spacial score (nSPS) is 20.1. The van der Waals surface area contributed by atoms with E-state index < -0.39 is 0 Å². The molecule has 0 N–H and O–H groups in total. The fraction of sp³-hybridized carbons (Fsp3) is 0.750. The van der Waals surface area contributed by atoms with Crippen LogP contribution >= 0.6 is 0 Å². The Bertz CT molecular complexity index is 258. The van der Waals surface area contributed by atoms with Crippen molar-refractivity contribution in [2.24, 2.45) is 5.92 Å². The van der Waals surface area contributed by atoms with Gasteiger partial charge < -0.3 is 0 Å². The molecule has 0 aliphatic carbocycles. The molecule has 0 atom stereocenters. The molecule has 0 bridgehead atoms. The van der Waals surface area contributed by atoms with Crippen molar-refractivity contribution in [1.29, 1.82) is 0 Å². The molecule has 0 aromatic carbocycles. The molecule has 0 unspecified atom stereocenters. The van der Waals surface area contributed by atoms with Gasteiger partial charge in [0.2, 0.25) is 0 Å². The van der Waals surface area contributed by atoms with Gasteiger partial charge in [-0.05, 0) is 32.3 Å². The van der Waals surface area contributed by atoms with E-state index in [1.54, 1.807) is 0 Å². The van der Waals surface area contributed by atoms with Crippen LogP contribution in [0.1, 0.15) is 34.6 Å². The van der Waals surface area contributed by atoms with E-state index in [-0.39, 0.29) is 5.54 Å². The van der Waals surface area contributed by atoms with Crippen molar-refractivity contribution < 1.29 is 4.79 Å². The lowest BCUT2D eigenvalue weighted by molar-refractivity contribution is -0.118. The lowest BCUT2D eigenvalue weighted by Gasteiger charge is -2.37. The molecule has 0 amide bonds. The lowest BCUT2D eigenvalue weighted by atomic mass is 9.93. The van der Waals surface area contributed by atoms with Crippen LogP contribution in [0.2, 0.25) is 0 Å². The first-order valence-electron chi connectivity index (χ1n) is 5.30. The van der Waals surface area contributed by atoms with Gasteiger partial charge in [-0.3, -0.25) is 9.69 Å². The monoisotopic (exact) mass is 195 g/mol. The summed E-state index contributed by atoms with van der Waals surface area (Å²) in [5, 5.41) is 0. The highest BCUT2D eigenvalue weighted by Gasteiger charge is 2.28. The molecule has 1 aliphatic heterocycles. The first-order valence-corrected chi connectivity index (χ1v) is 5.30. The quantitative estimate of drug-likeness (QED) is 0.639. The fourth-order valence-corrected chi connectivity index (χ4v) is 1.72. The molecule has 1 aliphatic rings. The van der Waals surface area contributed by atoms with Crippen molar-refractivity contribution in [2.75, 3.05) is 13.1 Å². The summed E-state index contributed by atoms with van der Waals surface area (Å²) in [6, 6.07) is 0. The predicted octanol–water partition coefficient (Wildman–Crippen LogP) is 2.25. The van der Waals surface area contributed by atoms with Gasteiger partial charge in [-0.1, -0.05) is 19.9 Å². The van der Waals surface area contributed by atoms with E-state index in [2.05, 4.69) is 45.6 Å². The largest absolute Gasteiger partial charge is 0.293 e. The predicted molar refractivity (Wildman–Crippen MR) is 59.3 cm³/mol. The highest BCUT2D eigenvalue weighted by Crippen LogP contribution is 2.21. The first-order chi connectivity index (χ1) is 6.32. The summed E-state index contributed by atoms with van der Waals surface area (Å²) in [6.07, 6.45) is 2.09. The van der Waals surface area contributed by atoms with E-state index in [1.807, 2.05) is 0 Å². The first kappa shape index (κ1) is 11.4. The summed E-state index contributed by atoms with van der Waals surface area (Å²) in [6.45, 7) is 12.1. The molecule has 2 nitrogen and oxygen atoms in total. The third-order valence-electron chi connectivity index (χ3n) is 2.76. The van der Waals surface area contributed by atoms with Crippen molar-refractivity contribution in [3.63, 3.8) is 0 Å². The molecule has 80 valence electrons. The summed E-state index contributed by atoms with van der Waals surface area (Å²) in [4.78, 5) is 14.0. The number of hydrogen-bond acceptors (Lipinski definition) is 2. The molecule has 1 rings (SSSR count). The maximum Gasteiger partial charge on any atom is 0.172 e. The van der Waals surface area contributed by atoms with Crippen molar-refractivity contribution in [3.05, 3.63) is 11.6 Å². The number of carbonyl (C=O) groups is 1. The van der Waals surface area contributed by atoms with Gasteiger partial charge in [0.05, 0.1) is 6.54 Å². The van der Waals surface area contributed by atoms with Crippen LogP contribution in [0.4, 0.5) is 0 Å². The molecule has 1 heterocycles. The minimum absolute atomic E-state index is 0.0919. The van der Waals surface area contributed by atoms with Gasteiger partial charge in [0.15, 0.2) is 5.78 Å². The van der Waals surface area contributed by atoms with Crippen LogP contribution < -0.4 is 0 Å². The van der Waals surface area contributed by atoms with Crippen molar-refractivity contribution in [3.8, 4) is 0 Å². The summed E-state index contributed by atoms with van der Waals surface area (Å²) >= 11 is 0. The molecule has 0 radical (unpaired) electrons. The maximum absolute atomic E-state index is 11.8. The van der Waals surface area contributed by atoms with E-state index in [9.17, 15) is 4.79 Å². The van der Waals surface area contributed by atoms with E-state index in [1.165, 1.54) is 0 Å². The minimum atomic E-state index is 0.0919. The van der Waals surface area contributed by atoms with Gasteiger partial charge in [0, 0.05) is 12.1 Å². The molecule has 14 heavy (non-hydrogen) atoms. The van der Waals surface area contributed by atoms with E-state index in [4.69, 9.17) is 0 Å². The maximum atomic E-state index is 11.8. The van der Waals surface area contributed by atoms with Gasteiger partial charge in [-0.2, -0.15) is 0 Å². The van der Waals surface area contributed by atoms with Crippen LogP contribution in [0, 0.1) is 5.92 Å². The second-order valence-corrected chi connectivity index (χ2v) is 5.29. The van der Waals surface area contributed by atoms with E-state index in [0.29, 0.717) is 18.2 Å². The highest BCUT2D eigenvalue weighted by atomic mass is 16.1. The fourth-order valence-electron chi connectivity index (χ4n) is 1.72. The van der Waals surface area contributed by atoms with Gasteiger partial charge in [-0.15, -0.1) is 0 Å². The highest BCUT2D eigenvalue weighted by molar-refractivity contribution is 5.98. The average molecular weight is 195 g/mol. The molecule has 0 saturated heterocycles. The van der Waals surface area contributed by atoms with Crippen molar-refractivity contribution in [2.45, 2.75) is 40.2 Å². The SMILES string of the molecule is CC(C)C1=CCN(C(C)(C)C)CC1=O. The Morgan fingerprint density at radius 3 is 2.29 bits per heavy atom. The van der Waals surface area contributed by atoms with Crippen molar-refractivity contribution in [1.82, 2.24) is 4.90 Å². The summed E-state index contributed by atoms with van der Waals surface area (Å²) in [5.74, 6) is 0.658. The number of ketones is 1. The molecule has 0 aromatic rings. The van der Waals surface area contributed by atoms with Crippen LogP contribution in [-0.2, 0) is 4.79 Å². The number of nitrogens with zero attached hydrogens (tertiary/aromatic N) is 1. The van der Waals surface area contributed by atoms with E-state index in [0.717, 1.165) is 12.1 Å². The van der Waals surface area contributed by atoms with E-state index >= 15 is 0 Å². The third-order valence-corrected chi connectivity index (χ3v) is 2.76. The van der Waals surface area contributed by atoms with Crippen LogP contribution in [0.3, 0.4) is 0 Å². The van der Waals surface area contributed by atoms with Crippen LogP contribution in [0.5, 0.6) is 0 Å². The Balaban J connectivity index is 2.77. The second kappa shape index (κ2) is 3.85. The molecule has 0 saturated carbocycles. The van der Waals surface area contributed by atoms with Crippen LogP contribution in [0.25, 0.3) is 0 Å². The van der Waals surface area contributed by atoms with Gasteiger partial charge >= 0.3 is 0 Å². The summed E-state index contributed by atoms with van der Waals surface area (Å²) < 4.78 is 0. The molecular weight excluding hydrogens is 174 g/mol. The number of Topliss-reactive ketones (excluding diaryl/α,β-unsaturated/α-hetero) is 1. The number of hydrogen-bond donors (Lipinski definition) is 0. The van der Waals surface area contributed by atoms with Gasteiger partial charge in [0.1, 0.15) is 0 Å². The topological polar surface area (TPSA) is 20.3 Å². The Morgan fingerprint density at radius 2 is 1.93 bits per heavy atom. The second-order valence-electron chi connectivity index (χ2n) is 5.29. The Labute approximate surface area is 87.0 Å². The zero-order valence-corrected chi connectivity index (χ0v) is 9.92. The van der Waals surface area contributed by atoms with Crippen LogP contribution in [0.15, 0.2) is 11.6 Å². The van der Waals surface area contributed by atoms with Gasteiger partial charge in [0.25, 0.3) is 0 Å². The molecule has 0 spiro atoms. The standard InChI is InChI=1S/C12H21NO/c1-9(2)10-6-7-13(8-11(10)14)12(3,4)5/h6,9H,7-8H2,1-5H3. The average Bonchev–Trinajstić information content (AvgIpc) is 2.01. The molecular formula is C12H21NO. The molecule has 0 fully saturated rings. The van der Waals surface area contributed by atoms with Gasteiger partial charge in [-0.25, -0.2) is 0 Å². The minimum Gasteiger partial charge on any atom is -0.293 e.